The van der Waals surface area contributed by atoms with E-state index in [1.165, 1.54) is 23.4 Å². The van der Waals surface area contributed by atoms with Crippen LogP contribution in [0.3, 0.4) is 0 Å². The lowest BCUT2D eigenvalue weighted by molar-refractivity contribution is -0.138. The maximum Gasteiger partial charge on any atom is 0.416 e. The summed E-state index contributed by atoms with van der Waals surface area (Å²) in [6.45, 7) is 8.20. The predicted molar refractivity (Wildman–Crippen MR) is 160 cm³/mol. The first-order valence-electron chi connectivity index (χ1n) is 14.9. The molecule has 3 N–H and O–H groups in total. The number of nitrogens with zero attached hydrogens (tertiary/aromatic N) is 5. The number of hydrogen-bond donors (Lipinski definition) is 3. The Morgan fingerprint density at radius 3 is 2.76 bits per heavy atom. The van der Waals surface area contributed by atoms with Gasteiger partial charge < -0.3 is 10.1 Å². The molecule has 0 aliphatic carbocycles. The molecule has 6 rings (SSSR count). The van der Waals surface area contributed by atoms with Crippen molar-refractivity contribution in [3.63, 3.8) is 0 Å². The molecule has 0 spiro atoms. The van der Waals surface area contributed by atoms with Crippen molar-refractivity contribution in [3.05, 3.63) is 76.9 Å². The number of aromatic amines is 1. The van der Waals surface area contributed by atoms with Gasteiger partial charge >= 0.3 is 12.2 Å². The van der Waals surface area contributed by atoms with E-state index in [1.54, 1.807) is 18.2 Å². The molecule has 0 radical (unpaired) electrons. The van der Waals surface area contributed by atoms with E-state index < -0.39 is 29.1 Å². The molecule has 1 aromatic carbocycles. The number of anilines is 2. The molecular weight excluding hydrogens is 589 g/mol. The van der Waals surface area contributed by atoms with Crippen molar-refractivity contribution in [1.82, 2.24) is 30.4 Å². The van der Waals surface area contributed by atoms with Gasteiger partial charge in [0.05, 0.1) is 25.3 Å². The fourth-order valence-corrected chi connectivity index (χ4v) is 6.39. The highest BCUT2D eigenvalue weighted by Crippen LogP contribution is 2.42. The summed E-state index contributed by atoms with van der Waals surface area (Å²) >= 11 is 0. The summed E-state index contributed by atoms with van der Waals surface area (Å²) in [6, 6.07) is 5.57. The lowest BCUT2D eigenvalue weighted by Crippen LogP contribution is -2.49. The third-order valence-electron chi connectivity index (χ3n) is 8.63. The van der Waals surface area contributed by atoms with E-state index in [1.807, 2.05) is 0 Å². The lowest BCUT2D eigenvalue weighted by atomic mass is 9.76. The summed E-state index contributed by atoms with van der Waals surface area (Å²) in [6.07, 6.45) is 0.760. The standard InChI is InChI=1S/C31H35F3N8O3/c1-3-6-35-29(44)39-25-10-21(30(16-45-17-30)12-26-36-18-37-40-26)11-27(38-25)42-15-23-22(28(42)43)8-20(9-24(23)31(32,33)34)14-41-7-4-5-19(2)13-41/h3,8-11,18-19H,1,4-7,12-17H2,2H3,(H,36,37,40)(H2,35,38,39,44)/t19-/m0/s1. The van der Waals surface area contributed by atoms with Crippen LogP contribution in [0.1, 0.15) is 58.2 Å². The number of amides is 3. The van der Waals surface area contributed by atoms with Crippen molar-refractivity contribution in [2.45, 2.75) is 50.9 Å². The molecule has 3 aliphatic rings. The average Bonchev–Trinajstić information content (AvgIpc) is 3.60. The molecule has 3 amide bonds. The van der Waals surface area contributed by atoms with Crippen LogP contribution in [0.2, 0.25) is 0 Å². The van der Waals surface area contributed by atoms with E-state index in [-0.39, 0.29) is 35.9 Å². The molecule has 45 heavy (non-hydrogen) atoms. The van der Waals surface area contributed by atoms with Gasteiger partial charge in [0.1, 0.15) is 23.8 Å². The Balaban J connectivity index is 1.37. The molecule has 11 nitrogen and oxygen atoms in total. The zero-order chi connectivity index (χ0) is 31.8. The fraction of sp³-hybridized carbons (Fsp3) is 0.452. The van der Waals surface area contributed by atoms with Gasteiger partial charge in [-0.15, -0.1) is 6.58 Å². The first-order valence-corrected chi connectivity index (χ1v) is 14.9. The van der Waals surface area contributed by atoms with E-state index >= 15 is 0 Å². The highest BCUT2D eigenvalue weighted by Gasteiger charge is 2.44. The van der Waals surface area contributed by atoms with Crippen LogP contribution in [0.15, 0.2) is 43.2 Å². The number of halogens is 3. The van der Waals surface area contributed by atoms with Gasteiger partial charge in [0.2, 0.25) is 0 Å². The van der Waals surface area contributed by atoms with Crippen LogP contribution in [-0.4, -0.2) is 69.9 Å². The number of alkyl halides is 3. The van der Waals surface area contributed by atoms with Crippen LogP contribution in [0, 0.1) is 5.92 Å². The van der Waals surface area contributed by atoms with Crippen LogP contribution < -0.4 is 15.5 Å². The Hall–Kier alpha value is -4.30. The number of piperidine rings is 1. The first kappa shape index (κ1) is 30.7. The summed E-state index contributed by atoms with van der Waals surface area (Å²) in [5, 5.41) is 12.1. The molecule has 0 bridgehead atoms. The Kier molecular flexibility index (Phi) is 8.35. The molecule has 0 saturated carbocycles. The molecule has 3 aliphatic heterocycles. The predicted octanol–water partition coefficient (Wildman–Crippen LogP) is 4.43. The van der Waals surface area contributed by atoms with Crippen LogP contribution in [0.25, 0.3) is 0 Å². The Labute approximate surface area is 258 Å². The summed E-state index contributed by atoms with van der Waals surface area (Å²) < 4.78 is 48.9. The molecule has 2 saturated heterocycles. The van der Waals surface area contributed by atoms with Gasteiger partial charge in [0, 0.05) is 37.0 Å². The normalized spacial score (nSPS) is 19.6. The number of benzene rings is 1. The molecular formula is C31H35F3N8O3. The fourth-order valence-electron chi connectivity index (χ4n) is 6.39. The topological polar surface area (TPSA) is 128 Å². The van der Waals surface area contributed by atoms with E-state index in [2.05, 4.69) is 49.2 Å². The first-order chi connectivity index (χ1) is 21.5. The van der Waals surface area contributed by atoms with Crippen molar-refractivity contribution in [2.24, 2.45) is 5.92 Å². The van der Waals surface area contributed by atoms with Gasteiger partial charge in [-0.3, -0.25) is 25.0 Å². The average molecular weight is 625 g/mol. The van der Waals surface area contributed by atoms with Crippen molar-refractivity contribution >= 4 is 23.6 Å². The van der Waals surface area contributed by atoms with Crippen LogP contribution in [-0.2, 0) is 35.8 Å². The molecule has 1 atom stereocenters. The molecule has 14 heteroatoms. The Morgan fingerprint density at radius 1 is 1.27 bits per heavy atom. The maximum absolute atomic E-state index is 14.4. The van der Waals surface area contributed by atoms with Gasteiger partial charge in [0.15, 0.2) is 0 Å². The number of hydrogen-bond acceptors (Lipinski definition) is 7. The minimum atomic E-state index is -4.65. The molecule has 5 heterocycles. The number of likely N-dealkylation sites (tertiary alicyclic amines) is 1. The molecule has 2 fully saturated rings. The zero-order valence-electron chi connectivity index (χ0n) is 24.9. The zero-order valence-corrected chi connectivity index (χ0v) is 24.9. The lowest BCUT2D eigenvalue weighted by Gasteiger charge is -2.41. The van der Waals surface area contributed by atoms with Crippen LogP contribution >= 0.6 is 0 Å². The number of aromatic nitrogens is 4. The third-order valence-corrected chi connectivity index (χ3v) is 8.63. The van der Waals surface area contributed by atoms with Crippen molar-refractivity contribution in [1.29, 1.82) is 0 Å². The quantitative estimate of drug-likeness (QED) is 0.301. The molecule has 3 aromatic rings. The second-order valence-corrected chi connectivity index (χ2v) is 12.1. The summed E-state index contributed by atoms with van der Waals surface area (Å²) in [5.41, 5.74) is -0.338. The highest BCUT2D eigenvalue weighted by atomic mass is 19.4. The van der Waals surface area contributed by atoms with E-state index in [4.69, 9.17) is 4.74 Å². The van der Waals surface area contributed by atoms with Crippen LogP contribution in [0.5, 0.6) is 0 Å². The number of urea groups is 1. The van der Waals surface area contributed by atoms with E-state index in [0.717, 1.165) is 25.9 Å². The minimum Gasteiger partial charge on any atom is -0.379 e. The second-order valence-electron chi connectivity index (χ2n) is 12.1. The summed E-state index contributed by atoms with van der Waals surface area (Å²) in [7, 11) is 0. The number of fused-ring (bicyclic) bond motifs is 1. The van der Waals surface area contributed by atoms with Gasteiger partial charge in [0.25, 0.3) is 5.91 Å². The van der Waals surface area contributed by atoms with Gasteiger partial charge in [-0.1, -0.05) is 13.0 Å². The number of H-pyrrole nitrogens is 1. The minimum absolute atomic E-state index is 0.0127. The summed E-state index contributed by atoms with van der Waals surface area (Å²) in [5.74, 6) is 0.750. The van der Waals surface area contributed by atoms with E-state index in [9.17, 15) is 22.8 Å². The Morgan fingerprint density at radius 2 is 2.09 bits per heavy atom. The van der Waals surface area contributed by atoms with Crippen molar-refractivity contribution in [3.8, 4) is 0 Å². The maximum atomic E-state index is 14.4. The van der Waals surface area contributed by atoms with Crippen molar-refractivity contribution in [2.75, 3.05) is 43.1 Å². The SMILES string of the molecule is C=CCNC(=O)Nc1cc(C2(Cc3ncn[nH]3)COC2)cc(N2Cc3c(cc(CN4CCC[C@H](C)C4)cc3C(F)(F)F)C2=O)n1. The number of carbonyl (C=O) groups is 2. The number of carbonyl (C=O) groups excluding carboxylic acids is 2. The number of pyridine rings is 1. The number of nitrogens with one attached hydrogen (secondary N) is 3. The third kappa shape index (κ3) is 6.43. The molecule has 0 unspecified atom stereocenters. The van der Waals surface area contributed by atoms with Crippen molar-refractivity contribution < 1.29 is 27.5 Å². The largest absolute Gasteiger partial charge is 0.416 e. The van der Waals surface area contributed by atoms with E-state index in [0.29, 0.717) is 49.0 Å². The second kappa shape index (κ2) is 12.2. The number of rotatable bonds is 9. The van der Waals surface area contributed by atoms with Gasteiger partial charge in [-0.2, -0.15) is 18.3 Å². The van der Waals surface area contributed by atoms with Crippen LogP contribution in [0.4, 0.5) is 29.6 Å². The summed E-state index contributed by atoms with van der Waals surface area (Å²) in [4.78, 5) is 38.6. The Bertz CT molecular complexity index is 1590. The number of ether oxygens (including phenoxy) is 1. The van der Waals surface area contributed by atoms with Gasteiger partial charge in [-0.05, 0) is 66.3 Å². The van der Waals surface area contributed by atoms with Gasteiger partial charge in [-0.25, -0.2) is 14.8 Å². The molecule has 2 aromatic heterocycles. The highest BCUT2D eigenvalue weighted by molar-refractivity contribution is 6.10. The monoisotopic (exact) mass is 624 g/mol. The molecule has 238 valence electrons. The smallest absolute Gasteiger partial charge is 0.379 e.